The zero-order valence-corrected chi connectivity index (χ0v) is 13.6. The van der Waals surface area contributed by atoms with Crippen molar-refractivity contribution in [3.05, 3.63) is 46.4 Å². The maximum atomic E-state index is 12.2. The van der Waals surface area contributed by atoms with E-state index in [0.29, 0.717) is 33.0 Å². The van der Waals surface area contributed by atoms with Gasteiger partial charge in [0, 0.05) is 17.8 Å². The van der Waals surface area contributed by atoms with Gasteiger partial charge >= 0.3 is 0 Å². The molecule has 120 valence electrons. The van der Waals surface area contributed by atoms with E-state index in [4.69, 9.17) is 37.4 Å². The van der Waals surface area contributed by atoms with Crippen LogP contribution >= 0.6 is 23.2 Å². The summed E-state index contributed by atoms with van der Waals surface area (Å²) in [6.45, 7) is 1.83. The highest BCUT2D eigenvalue weighted by Gasteiger charge is 2.18. The molecule has 0 aliphatic carbocycles. The maximum absolute atomic E-state index is 12.2. The van der Waals surface area contributed by atoms with Crippen LogP contribution in [0.3, 0.4) is 0 Å². The smallest absolute Gasteiger partial charge is 0.265 e. The third-order valence-corrected chi connectivity index (χ3v) is 3.95. The van der Waals surface area contributed by atoms with Gasteiger partial charge in [0.05, 0.1) is 10.0 Å². The van der Waals surface area contributed by atoms with Crippen LogP contribution in [0.1, 0.15) is 6.92 Å². The van der Waals surface area contributed by atoms with E-state index in [1.165, 1.54) is 0 Å². The Kier molecular flexibility index (Phi) is 4.50. The van der Waals surface area contributed by atoms with Gasteiger partial charge in [0.25, 0.3) is 5.91 Å². The minimum atomic E-state index is -0.710. The van der Waals surface area contributed by atoms with Gasteiger partial charge in [0.15, 0.2) is 17.6 Å². The molecule has 23 heavy (non-hydrogen) atoms. The standard InChI is InChI=1S/C16H13Cl2NO4/c1-9(23-11-3-4-12(17)13(18)7-11)16(20)19-10-2-5-14-15(6-10)22-8-21-14/h2-7,9H,8H2,1H3,(H,19,20). The van der Waals surface area contributed by atoms with Gasteiger partial charge in [-0.1, -0.05) is 23.2 Å². The number of fused-ring (bicyclic) bond motifs is 1. The van der Waals surface area contributed by atoms with Crippen molar-refractivity contribution in [2.45, 2.75) is 13.0 Å². The molecule has 1 unspecified atom stereocenters. The van der Waals surface area contributed by atoms with Crippen LogP contribution in [0.4, 0.5) is 5.69 Å². The molecule has 0 spiro atoms. The van der Waals surface area contributed by atoms with Gasteiger partial charge in [-0.3, -0.25) is 4.79 Å². The first-order valence-corrected chi connectivity index (χ1v) is 7.61. The summed E-state index contributed by atoms with van der Waals surface area (Å²) in [6, 6.07) is 10.0. The number of carbonyl (C=O) groups excluding carboxylic acids is 1. The van der Waals surface area contributed by atoms with Crippen LogP contribution in [0.2, 0.25) is 10.0 Å². The van der Waals surface area contributed by atoms with Crippen LogP contribution in [0, 0.1) is 0 Å². The molecule has 1 heterocycles. The molecule has 2 aromatic carbocycles. The van der Waals surface area contributed by atoms with Crippen LogP contribution in [0.25, 0.3) is 0 Å². The monoisotopic (exact) mass is 353 g/mol. The first-order chi connectivity index (χ1) is 11.0. The molecule has 1 aliphatic heterocycles. The van der Waals surface area contributed by atoms with Crippen molar-refractivity contribution in [1.82, 2.24) is 0 Å². The zero-order valence-electron chi connectivity index (χ0n) is 12.1. The van der Waals surface area contributed by atoms with E-state index in [9.17, 15) is 4.79 Å². The largest absolute Gasteiger partial charge is 0.481 e. The van der Waals surface area contributed by atoms with Crippen molar-refractivity contribution in [3.8, 4) is 17.2 Å². The molecule has 3 rings (SSSR count). The molecule has 7 heteroatoms. The van der Waals surface area contributed by atoms with Gasteiger partial charge in [-0.05, 0) is 31.2 Å². The van der Waals surface area contributed by atoms with E-state index in [-0.39, 0.29) is 12.7 Å². The first kappa shape index (κ1) is 15.8. The topological polar surface area (TPSA) is 56.8 Å². The number of anilines is 1. The Morgan fingerprint density at radius 2 is 1.91 bits per heavy atom. The molecular formula is C16H13Cl2NO4. The normalized spacial score (nSPS) is 13.5. The average Bonchev–Trinajstić information content (AvgIpc) is 2.98. The number of benzene rings is 2. The quantitative estimate of drug-likeness (QED) is 0.897. The van der Waals surface area contributed by atoms with E-state index in [2.05, 4.69) is 5.32 Å². The summed E-state index contributed by atoms with van der Waals surface area (Å²) in [5, 5.41) is 3.55. The lowest BCUT2D eigenvalue weighted by molar-refractivity contribution is -0.122. The van der Waals surface area contributed by atoms with Crippen LogP contribution in [0.15, 0.2) is 36.4 Å². The number of amides is 1. The summed E-state index contributed by atoms with van der Waals surface area (Å²) in [6.07, 6.45) is -0.710. The molecule has 0 aromatic heterocycles. The molecule has 0 saturated carbocycles. The Hall–Kier alpha value is -2.11. The van der Waals surface area contributed by atoms with Crippen LogP contribution in [-0.2, 0) is 4.79 Å². The minimum Gasteiger partial charge on any atom is -0.481 e. The van der Waals surface area contributed by atoms with Crippen LogP contribution in [-0.4, -0.2) is 18.8 Å². The lowest BCUT2D eigenvalue weighted by atomic mass is 10.2. The molecular weight excluding hydrogens is 341 g/mol. The second-order valence-electron chi connectivity index (χ2n) is 4.89. The highest BCUT2D eigenvalue weighted by atomic mass is 35.5. The van der Waals surface area contributed by atoms with E-state index in [0.717, 1.165) is 0 Å². The summed E-state index contributed by atoms with van der Waals surface area (Å²) < 4.78 is 16.1. The molecule has 5 nitrogen and oxygen atoms in total. The zero-order chi connectivity index (χ0) is 16.4. The van der Waals surface area contributed by atoms with E-state index in [1.807, 2.05) is 0 Å². The average molecular weight is 354 g/mol. The van der Waals surface area contributed by atoms with E-state index in [1.54, 1.807) is 43.3 Å². The molecule has 1 N–H and O–H groups in total. The molecule has 0 saturated heterocycles. The maximum Gasteiger partial charge on any atom is 0.265 e. The summed E-state index contributed by atoms with van der Waals surface area (Å²) in [5.74, 6) is 1.42. The van der Waals surface area contributed by atoms with Gasteiger partial charge < -0.3 is 19.5 Å². The van der Waals surface area contributed by atoms with Crippen molar-refractivity contribution < 1.29 is 19.0 Å². The third kappa shape index (κ3) is 3.63. The van der Waals surface area contributed by atoms with Crippen molar-refractivity contribution in [1.29, 1.82) is 0 Å². The second-order valence-corrected chi connectivity index (χ2v) is 5.71. The number of halogens is 2. The summed E-state index contributed by atoms with van der Waals surface area (Å²) >= 11 is 11.8. The molecule has 0 fully saturated rings. The molecule has 0 radical (unpaired) electrons. The summed E-state index contributed by atoms with van der Waals surface area (Å²) in [5.41, 5.74) is 0.601. The Balaban J connectivity index is 1.64. The lowest BCUT2D eigenvalue weighted by Crippen LogP contribution is -2.30. The van der Waals surface area contributed by atoms with E-state index >= 15 is 0 Å². The molecule has 2 aromatic rings. The van der Waals surface area contributed by atoms with Gasteiger partial charge in [0.1, 0.15) is 5.75 Å². The lowest BCUT2D eigenvalue weighted by Gasteiger charge is -2.15. The fourth-order valence-electron chi connectivity index (χ4n) is 2.03. The predicted molar refractivity (Wildman–Crippen MR) is 87.7 cm³/mol. The Labute approximate surface area is 143 Å². The van der Waals surface area contributed by atoms with Crippen molar-refractivity contribution in [2.24, 2.45) is 0 Å². The van der Waals surface area contributed by atoms with Crippen LogP contribution in [0.5, 0.6) is 17.2 Å². The second kappa shape index (κ2) is 6.56. The Morgan fingerprint density at radius 1 is 1.13 bits per heavy atom. The fraction of sp³-hybridized carbons (Fsp3) is 0.188. The fourth-order valence-corrected chi connectivity index (χ4v) is 2.31. The van der Waals surface area contributed by atoms with Crippen molar-refractivity contribution in [3.63, 3.8) is 0 Å². The van der Waals surface area contributed by atoms with Gasteiger partial charge in [-0.25, -0.2) is 0 Å². The van der Waals surface area contributed by atoms with Crippen LogP contribution < -0.4 is 19.5 Å². The Morgan fingerprint density at radius 3 is 2.70 bits per heavy atom. The third-order valence-electron chi connectivity index (χ3n) is 3.21. The van der Waals surface area contributed by atoms with Gasteiger partial charge in [-0.15, -0.1) is 0 Å². The molecule has 1 amide bonds. The minimum absolute atomic E-state index is 0.184. The van der Waals surface area contributed by atoms with E-state index < -0.39 is 6.10 Å². The van der Waals surface area contributed by atoms with Gasteiger partial charge in [0.2, 0.25) is 6.79 Å². The molecule has 1 aliphatic rings. The molecule has 1 atom stereocenters. The first-order valence-electron chi connectivity index (χ1n) is 6.85. The number of ether oxygens (including phenoxy) is 3. The molecule has 0 bridgehead atoms. The number of hydrogen-bond donors (Lipinski definition) is 1. The highest BCUT2D eigenvalue weighted by molar-refractivity contribution is 6.42. The predicted octanol–water partition coefficient (Wildman–Crippen LogP) is 4.13. The highest BCUT2D eigenvalue weighted by Crippen LogP contribution is 2.34. The summed E-state index contributed by atoms with van der Waals surface area (Å²) in [4.78, 5) is 12.2. The SMILES string of the molecule is CC(Oc1ccc(Cl)c(Cl)c1)C(=O)Nc1ccc2c(c1)OCO2. The Bertz CT molecular complexity index is 751. The number of rotatable bonds is 4. The van der Waals surface area contributed by atoms with Crippen molar-refractivity contribution >= 4 is 34.8 Å². The van der Waals surface area contributed by atoms with Crippen molar-refractivity contribution in [2.75, 3.05) is 12.1 Å². The number of carbonyl (C=O) groups is 1. The summed E-state index contributed by atoms with van der Waals surface area (Å²) in [7, 11) is 0. The van der Waals surface area contributed by atoms with Gasteiger partial charge in [-0.2, -0.15) is 0 Å². The number of hydrogen-bond acceptors (Lipinski definition) is 4. The number of nitrogens with one attached hydrogen (secondary N) is 1.